The molecule has 0 radical (unpaired) electrons. The van der Waals surface area contributed by atoms with Crippen molar-refractivity contribution >= 4 is 11.9 Å². The summed E-state index contributed by atoms with van der Waals surface area (Å²) in [4.78, 5) is 22.0. The number of benzene rings is 1. The first-order valence-corrected chi connectivity index (χ1v) is 6.37. The van der Waals surface area contributed by atoms with Crippen molar-refractivity contribution in [2.75, 3.05) is 0 Å². The first kappa shape index (κ1) is 15.2. The molecule has 2 unspecified atom stereocenters. The summed E-state index contributed by atoms with van der Waals surface area (Å²) < 4.78 is 0. The Balaban J connectivity index is 2.82. The van der Waals surface area contributed by atoms with Gasteiger partial charge in [-0.05, 0) is 30.4 Å². The maximum atomic E-state index is 11.1. The number of rotatable bonds is 6. The molecule has 0 aromatic heterocycles. The minimum Gasteiger partial charge on any atom is -0.481 e. The highest BCUT2D eigenvalue weighted by Gasteiger charge is 2.22. The summed E-state index contributed by atoms with van der Waals surface area (Å²) in [6.45, 7) is 5.41. The zero-order valence-electron chi connectivity index (χ0n) is 11.5. The first-order valence-electron chi connectivity index (χ1n) is 6.37. The minimum atomic E-state index is -0.863. The molecule has 2 atom stereocenters. The fourth-order valence-corrected chi connectivity index (χ4v) is 1.95. The standard InChI is InChI=1S/C15H20O4/c1-9(2)13(15(18)19)8-11-4-6-12(7-5-11)10(3)14(16)17/h4-7,9-10,13H,8H2,1-3H3,(H,16,17)(H,18,19). The Hall–Kier alpha value is -1.84. The monoisotopic (exact) mass is 264 g/mol. The van der Waals surface area contributed by atoms with Crippen molar-refractivity contribution in [2.45, 2.75) is 33.1 Å². The molecule has 0 aliphatic rings. The molecule has 2 N–H and O–H groups in total. The summed E-state index contributed by atoms with van der Waals surface area (Å²) in [5, 5.41) is 18.1. The van der Waals surface area contributed by atoms with E-state index in [1.807, 2.05) is 26.0 Å². The van der Waals surface area contributed by atoms with E-state index in [1.54, 1.807) is 19.1 Å². The molecule has 1 aromatic rings. The normalized spacial score (nSPS) is 14.1. The highest BCUT2D eigenvalue weighted by atomic mass is 16.4. The van der Waals surface area contributed by atoms with Gasteiger partial charge in [0.05, 0.1) is 11.8 Å². The zero-order chi connectivity index (χ0) is 14.6. The highest BCUT2D eigenvalue weighted by molar-refractivity contribution is 5.75. The maximum absolute atomic E-state index is 11.1. The van der Waals surface area contributed by atoms with Crippen LogP contribution in [0.15, 0.2) is 24.3 Å². The number of hydrogen-bond donors (Lipinski definition) is 2. The fraction of sp³-hybridized carbons (Fsp3) is 0.467. The number of carbonyl (C=O) groups is 2. The maximum Gasteiger partial charge on any atom is 0.310 e. The molecule has 0 saturated carbocycles. The largest absolute Gasteiger partial charge is 0.481 e. The highest BCUT2D eigenvalue weighted by Crippen LogP contribution is 2.20. The van der Waals surface area contributed by atoms with Crippen molar-refractivity contribution in [1.82, 2.24) is 0 Å². The summed E-state index contributed by atoms with van der Waals surface area (Å²) >= 11 is 0. The van der Waals surface area contributed by atoms with E-state index in [0.29, 0.717) is 6.42 Å². The lowest BCUT2D eigenvalue weighted by molar-refractivity contribution is -0.143. The predicted octanol–water partition coefficient (Wildman–Crippen LogP) is 2.77. The molecule has 0 spiro atoms. The van der Waals surface area contributed by atoms with Gasteiger partial charge in [0, 0.05) is 0 Å². The summed E-state index contributed by atoms with van der Waals surface area (Å²) in [5.74, 6) is -2.55. The van der Waals surface area contributed by atoms with Gasteiger partial charge in [-0.3, -0.25) is 9.59 Å². The topological polar surface area (TPSA) is 74.6 Å². The Morgan fingerprint density at radius 1 is 1.00 bits per heavy atom. The van der Waals surface area contributed by atoms with Gasteiger partial charge in [-0.1, -0.05) is 38.1 Å². The lowest BCUT2D eigenvalue weighted by atomic mass is 9.88. The number of aliphatic carboxylic acids is 2. The van der Waals surface area contributed by atoms with Crippen LogP contribution in [0.25, 0.3) is 0 Å². The van der Waals surface area contributed by atoms with Gasteiger partial charge in [0.1, 0.15) is 0 Å². The quantitative estimate of drug-likeness (QED) is 0.828. The van der Waals surface area contributed by atoms with Crippen molar-refractivity contribution in [2.24, 2.45) is 11.8 Å². The van der Waals surface area contributed by atoms with Gasteiger partial charge in [-0.25, -0.2) is 0 Å². The third-order valence-electron chi connectivity index (χ3n) is 3.43. The van der Waals surface area contributed by atoms with E-state index < -0.39 is 23.8 Å². The Bertz CT molecular complexity index is 448. The third kappa shape index (κ3) is 4.09. The van der Waals surface area contributed by atoms with Gasteiger partial charge < -0.3 is 10.2 Å². The second-order valence-corrected chi connectivity index (χ2v) is 5.19. The zero-order valence-corrected chi connectivity index (χ0v) is 11.5. The molecule has 0 aliphatic heterocycles. The summed E-state index contributed by atoms with van der Waals surface area (Å²) in [5.41, 5.74) is 1.65. The Kier molecular flexibility index (Phi) is 5.10. The van der Waals surface area contributed by atoms with Crippen molar-refractivity contribution in [3.8, 4) is 0 Å². The lowest BCUT2D eigenvalue weighted by Gasteiger charge is -2.16. The predicted molar refractivity (Wildman–Crippen MR) is 72.2 cm³/mol. The van der Waals surface area contributed by atoms with Crippen LogP contribution in [0.4, 0.5) is 0 Å². The van der Waals surface area contributed by atoms with Crippen LogP contribution in [0.2, 0.25) is 0 Å². The lowest BCUT2D eigenvalue weighted by Crippen LogP contribution is -2.22. The summed E-state index contributed by atoms with van der Waals surface area (Å²) in [6.07, 6.45) is 0.467. The molecule has 0 heterocycles. The Morgan fingerprint density at radius 2 is 1.53 bits per heavy atom. The molecular weight excluding hydrogens is 244 g/mol. The fourth-order valence-electron chi connectivity index (χ4n) is 1.95. The van der Waals surface area contributed by atoms with Gasteiger partial charge in [-0.2, -0.15) is 0 Å². The van der Waals surface area contributed by atoms with Crippen LogP contribution >= 0.6 is 0 Å². The Labute approximate surface area is 113 Å². The molecule has 104 valence electrons. The van der Waals surface area contributed by atoms with Gasteiger partial charge in [0.25, 0.3) is 0 Å². The number of carboxylic acids is 2. The molecule has 1 aromatic carbocycles. The molecule has 4 heteroatoms. The van der Waals surface area contributed by atoms with Crippen molar-refractivity contribution in [3.05, 3.63) is 35.4 Å². The molecule has 0 aliphatic carbocycles. The number of carboxylic acid groups (broad SMARTS) is 2. The molecule has 0 amide bonds. The smallest absolute Gasteiger partial charge is 0.310 e. The van der Waals surface area contributed by atoms with Gasteiger partial charge in [0.2, 0.25) is 0 Å². The molecular formula is C15H20O4. The van der Waals surface area contributed by atoms with Gasteiger partial charge in [-0.15, -0.1) is 0 Å². The van der Waals surface area contributed by atoms with Crippen molar-refractivity contribution < 1.29 is 19.8 Å². The van der Waals surface area contributed by atoms with E-state index in [-0.39, 0.29) is 5.92 Å². The van der Waals surface area contributed by atoms with E-state index >= 15 is 0 Å². The van der Waals surface area contributed by atoms with E-state index in [0.717, 1.165) is 11.1 Å². The van der Waals surface area contributed by atoms with Crippen LogP contribution in [0.1, 0.15) is 37.8 Å². The van der Waals surface area contributed by atoms with Crippen molar-refractivity contribution in [3.63, 3.8) is 0 Å². The van der Waals surface area contributed by atoms with Crippen LogP contribution in [-0.2, 0) is 16.0 Å². The van der Waals surface area contributed by atoms with Gasteiger partial charge in [0.15, 0.2) is 0 Å². The van der Waals surface area contributed by atoms with Crippen LogP contribution in [0, 0.1) is 11.8 Å². The van der Waals surface area contributed by atoms with E-state index in [9.17, 15) is 9.59 Å². The second-order valence-electron chi connectivity index (χ2n) is 5.19. The second kappa shape index (κ2) is 6.36. The molecule has 0 fully saturated rings. The van der Waals surface area contributed by atoms with Crippen molar-refractivity contribution in [1.29, 1.82) is 0 Å². The molecule has 1 rings (SSSR count). The molecule has 4 nitrogen and oxygen atoms in total. The summed E-state index contributed by atoms with van der Waals surface area (Å²) in [7, 11) is 0. The van der Waals surface area contributed by atoms with E-state index in [2.05, 4.69) is 0 Å². The first-order chi connectivity index (χ1) is 8.82. The van der Waals surface area contributed by atoms with Crippen LogP contribution < -0.4 is 0 Å². The van der Waals surface area contributed by atoms with E-state index in [4.69, 9.17) is 10.2 Å². The number of hydrogen-bond acceptors (Lipinski definition) is 2. The van der Waals surface area contributed by atoms with E-state index in [1.165, 1.54) is 0 Å². The molecule has 0 bridgehead atoms. The Morgan fingerprint density at radius 3 is 1.89 bits per heavy atom. The minimum absolute atomic E-state index is 0.0649. The van der Waals surface area contributed by atoms with Crippen LogP contribution in [-0.4, -0.2) is 22.2 Å². The molecule has 19 heavy (non-hydrogen) atoms. The van der Waals surface area contributed by atoms with Gasteiger partial charge >= 0.3 is 11.9 Å². The molecule has 0 saturated heterocycles. The average molecular weight is 264 g/mol. The summed E-state index contributed by atoms with van der Waals surface area (Å²) in [6, 6.07) is 7.14. The van der Waals surface area contributed by atoms with Crippen LogP contribution in [0.5, 0.6) is 0 Å². The average Bonchev–Trinajstić information content (AvgIpc) is 2.34. The third-order valence-corrected chi connectivity index (χ3v) is 3.43. The SMILES string of the molecule is CC(C(=O)O)c1ccc(CC(C(=O)O)C(C)C)cc1. The van der Waals surface area contributed by atoms with Crippen LogP contribution in [0.3, 0.4) is 0 Å².